The van der Waals surface area contributed by atoms with Crippen LogP contribution in [0.2, 0.25) is 0 Å². The standard InChI is InChI=1S/C24H20N2O2/c1-26-15-14-23-20(16-26)8-5-9-22(23)19-10-12-21(13-11-19)25-24(27)28-17-18-6-3-2-4-7-18/h2-16H,17H2,1H3/p+1. The molecule has 4 heteroatoms. The molecule has 1 N–H and O–H groups in total. The van der Waals surface area contributed by atoms with Crippen LogP contribution in [0, 0.1) is 0 Å². The molecule has 0 aliphatic carbocycles. The van der Waals surface area contributed by atoms with Crippen LogP contribution in [0.25, 0.3) is 21.9 Å². The van der Waals surface area contributed by atoms with Gasteiger partial charge in [-0.05, 0) is 34.9 Å². The summed E-state index contributed by atoms with van der Waals surface area (Å²) >= 11 is 0. The second-order valence-corrected chi connectivity index (χ2v) is 6.68. The van der Waals surface area contributed by atoms with Crippen molar-refractivity contribution in [1.29, 1.82) is 0 Å². The number of carbonyl (C=O) groups excluding carboxylic acids is 1. The van der Waals surface area contributed by atoms with Crippen molar-refractivity contribution < 1.29 is 14.1 Å². The van der Waals surface area contributed by atoms with Crippen molar-refractivity contribution in [3.63, 3.8) is 0 Å². The van der Waals surface area contributed by atoms with Gasteiger partial charge in [-0.3, -0.25) is 5.32 Å². The Labute approximate surface area is 164 Å². The number of rotatable bonds is 4. The minimum atomic E-state index is -0.464. The first-order valence-corrected chi connectivity index (χ1v) is 9.15. The van der Waals surface area contributed by atoms with Crippen LogP contribution >= 0.6 is 0 Å². The van der Waals surface area contributed by atoms with Crippen molar-refractivity contribution in [2.45, 2.75) is 6.61 Å². The van der Waals surface area contributed by atoms with Gasteiger partial charge in [0.15, 0.2) is 12.4 Å². The number of aromatic nitrogens is 1. The van der Waals surface area contributed by atoms with Gasteiger partial charge in [0, 0.05) is 22.5 Å². The highest BCUT2D eigenvalue weighted by atomic mass is 16.5. The summed E-state index contributed by atoms with van der Waals surface area (Å²) in [6.45, 7) is 0.248. The summed E-state index contributed by atoms with van der Waals surface area (Å²) in [5, 5.41) is 5.16. The predicted octanol–water partition coefficient (Wildman–Crippen LogP) is 5.08. The molecule has 4 aromatic rings. The normalized spacial score (nSPS) is 10.6. The van der Waals surface area contributed by atoms with E-state index in [1.54, 1.807) is 0 Å². The lowest BCUT2D eigenvalue weighted by atomic mass is 9.99. The summed E-state index contributed by atoms with van der Waals surface area (Å²) in [6, 6.07) is 25.8. The fraction of sp³-hybridized carbons (Fsp3) is 0.0833. The van der Waals surface area contributed by atoms with Crippen LogP contribution in [-0.2, 0) is 18.4 Å². The van der Waals surface area contributed by atoms with Crippen LogP contribution in [0.4, 0.5) is 10.5 Å². The fourth-order valence-corrected chi connectivity index (χ4v) is 3.20. The molecule has 0 unspecified atom stereocenters. The van der Waals surface area contributed by atoms with E-state index in [-0.39, 0.29) is 6.61 Å². The minimum Gasteiger partial charge on any atom is -0.444 e. The summed E-state index contributed by atoms with van der Waals surface area (Å²) in [6.07, 6.45) is 3.69. The monoisotopic (exact) mass is 369 g/mol. The molecule has 1 aromatic heterocycles. The lowest BCUT2D eigenvalue weighted by Gasteiger charge is -2.09. The average molecular weight is 369 g/mol. The molecule has 3 aromatic carbocycles. The van der Waals surface area contributed by atoms with E-state index in [0.29, 0.717) is 5.69 Å². The van der Waals surface area contributed by atoms with Crippen molar-refractivity contribution in [1.82, 2.24) is 0 Å². The van der Waals surface area contributed by atoms with E-state index < -0.39 is 6.09 Å². The lowest BCUT2D eigenvalue weighted by Crippen LogP contribution is -2.25. The molecule has 28 heavy (non-hydrogen) atoms. The molecule has 138 valence electrons. The highest BCUT2D eigenvalue weighted by molar-refractivity contribution is 5.96. The van der Waals surface area contributed by atoms with E-state index in [9.17, 15) is 4.79 Å². The number of nitrogens with zero attached hydrogens (tertiary/aromatic N) is 1. The quantitative estimate of drug-likeness (QED) is 0.510. The first-order chi connectivity index (χ1) is 13.7. The molecule has 0 saturated carbocycles. The Hall–Kier alpha value is -3.66. The van der Waals surface area contributed by atoms with Crippen LogP contribution in [0.5, 0.6) is 0 Å². The summed E-state index contributed by atoms with van der Waals surface area (Å²) in [7, 11) is 2.02. The van der Waals surface area contributed by atoms with Crippen LogP contribution in [0.3, 0.4) is 0 Å². The van der Waals surface area contributed by atoms with Gasteiger partial charge in [-0.25, -0.2) is 9.36 Å². The van der Waals surface area contributed by atoms with E-state index >= 15 is 0 Å². The Morgan fingerprint density at radius 3 is 2.50 bits per heavy atom. The maximum absolute atomic E-state index is 12.0. The van der Waals surface area contributed by atoms with Crippen LogP contribution in [0.1, 0.15) is 5.56 Å². The summed E-state index contributed by atoms with van der Waals surface area (Å²) in [5.74, 6) is 0. The number of hydrogen-bond donors (Lipinski definition) is 1. The van der Waals surface area contributed by atoms with Crippen molar-refractivity contribution in [2.24, 2.45) is 7.05 Å². The topological polar surface area (TPSA) is 42.2 Å². The van der Waals surface area contributed by atoms with Crippen molar-refractivity contribution >= 4 is 22.6 Å². The molecule has 0 fully saturated rings. The lowest BCUT2D eigenvalue weighted by molar-refractivity contribution is -0.670. The number of anilines is 1. The molecule has 0 aliphatic rings. The molecule has 0 bridgehead atoms. The second kappa shape index (κ2) is 7.92. The molecule has 0 radical (unpaired) electrons. The molecule has 0 atom stereocenters. The van der Waals surface area contributed by atoms with Crippen molar-refractivity contribution in [2.75, 3.05) is 5.32 Å². The first-order valence-electron chi connectivity index (χ1n) is 9.15. The smallest absolute Gasteiger partial charge is 0.411 e. The van der Waals surface area contributed by atoms with Gasteiger partial charge in [0.05, 0.1) is 0 Å². The fourth-order valence-electron chi connectivity index (χ4n) is 3.20. The summed E-state index contributed by atoms with van der Waals surface area (Å²) in [5.41, 5.74) is 3.92. The number of hydrogen-bond acceptors (Lipinski definition) is 2. The maximum Gasteiger partial charge on any atom is 0.411 e. The largest absolute Gasteiger partial charge is 0.444 e. The molecule has 0 aliphatic heterocycles. The highest BCUT2D eigenvalue weighted by Gasteiger charge is 2.08. The predicted molar refractivity (Wildman–Crippen MR) is 111 cm³/mol. The van der Waals surface area contributed by atoms with E-state index in [2.05, 4.69) is 35.8 Å². The zero-order chi connectivity index (χ0) is 19.3. The number of amides is 1. The Morgan fingerprint density at radius 2 is 1.71 bits per heavy atom. The van der Waals surface area contributed by atoms with Crippen LogP contribution in [-0.4, -0.2) is 6.09 Å². The number of benzene rings is 3. The van der Waals surface area contributed by atoms with E-state index in [1.807, 2.05) is 72.4 Å². The van der Waals surface area contributed by atoms with Gasteiger partial charge in [0.25, 0.3) is 0 Å². The van der Waals surface area contributed by atoms with Gasteiger partial charge in [0.2, 0.25) is 0 Å². The SMILES string of the molecule is C[n+]1ccc2c(-c3ccc(NC(=O)OCc4ccccc4)cc3)cccc2c1. The van der Waals surface area contributed by atoms with Crippen molar-refractivity contribution in [3.8, 4) is 11.1 Å². The third-order valence-corrected chi connectivity index (χ3v) is 4.61. The Kier molecular flexibility index (Phi) is 5.02. The summed E-state index contributed by atoms with van der Waals surface area (Å²) < 4.78 is 7.31. The number of pyridine rings is 1. The molecule has 4 rings (SSSR count). The summed E-state index contributed by atoms with van der Waals surface area (Å²) in [4.78, 5) is 12.0. The van der Waals surface area contributed by atoms with Crippen LogP contribution in [0.15, 0.2) is 91.3 Å². The average Bonchev–Trinajstić information content (AvgIpc) is 2.73. The number of fused-ring (bicyclic) bond motifs is 1. The molecule has 1 heterocycles. The zero-order valence-corrected chi connectivity index (χ0v) is 15.6. The molecular formula is C24H21N2O2+. The van der Waals surface area contributed by atoms with Gasteiger partial charge in [-0.1, -0.05) is 54.6 Å². The van der Waals surface area contributed by atoms with E-state index in [1.165, 1.54) is 10.8 Å². The van der Waals surface area contributed by atoms with Gasteiger partial charge in [0.1, 0.15) is 13.7 Å². The zero-order valence-electron chi connectivity index (χ0n) is 15.6. The van der Waals surface area contributed by atoms with Gasteiger partial charge in [-0.15, -0.1) is 0 Å². The number of carbonyl (C=O) groups is 1. The number of aryl methyl sites for hydroxylation is 1. The number of ether oxygens (including phenoxy) is 1. The highest BCUT2D eigenvalue weighted by Crippen LogP contribution is 2.28. The van der Waals surface area contributed by atoms with E-state index in [4.69, 9.17) is 4.74 Å². The Balaban J connectivity index is 1.46. The van der Waals surface area contributed by atoms with Crippen LogP contribution < -0.4 is 9.88 Å². The maximum atomic E-state index is 12.0. The molecule has 1 amide bonds. The van der Waals surface area contributed by atoms with Gasteiger partial charge in [-0.2, -0.15) is 0 Å². The second-order valence-electron chi connectivity index (χ2n) is 6.68. The molecule has 0 spiro atoms. The third kappa shape index (κ3) is 4.01. The Morgan fingerprint density at radius 1 is 0.929 bits per heavy atom. The number of nitrogens with one attached hydrogen (secondary N) is 1. The first kappa shape index (κ1) is 17.7. The van der Waals surface area contributed by atoms with Gasteiger partial charge >= 0.3 is 6.09 Å². The molecule has 4 nitrogen and oxygen atoms in total. The molecule has 0 saturated heterocycles. The minimum absolute atomic E-state index is 0.248. The van der Waals surface area contributed by atoms with E-state index in [0.717, 1.165) is 16.7 Å². The Bertz CT molecular complexity index is 1110. The van der Waals surface area contributed by atoms with Crippen molar-refractivity contribution in [3.05, 3.63) is 96.8 Å². The molecular weight excluding hydrogens is 348 g/mol. The third-order valence-electron chi connectivity index (χ3n) is 4.61. The van der Waals surface area contributed by atoms with Gasteiger partial charge < -0.3 is 4.74 Å².